The van der Waals surface area contributed by atoms with E-state index in [0.29, 0.717) is 26.9 Å². The van der Waals surface area contributed by atoms with Gasteiger partial charge in [0.15, 0.2) is 0 Å². The van der Waals surface area contributed by atoms with Gasteiger partial charge < -0.3 is 4.90 Å². The number of benzene rings is 1. The fourth-order valence-electron chi connectivity index (χ4n) is 2.84. The lowest BCUT2D eigenvalue weighted by Crippen LogP contribution is -2.09. The van der Waals surface area contributed by atoms with Gasteiger partial charge in [0.2, 0.25) is 0 Å². The normalized spacial score (nSPS) is 15.5. The second kappa shape index (κ2) is 13.0. The van der Waals surface area contributed by atoms with Crippen LogP contribution < -0.4 is 0 Å². The molecule has 0 saturated heterocycles. The minimum atomic E-state index is -4.44. The number of hydrogen-bond donors (Lipinski definition) is 0. The molecule has 2 rings (SSSR count). The average Bonchev–Trinajstić information content (AvgIpc) is 3.01. The van der Waals surface area contributed by atoms with Crippen molar-refractivity contribution in [1.29, 1.82) is 0 Å². The molecule has 1 aliphatic carbocycles. The van der Waals surface area contributed by atoms with E-state index in [2.05, 4.69) is 17.3 Å². The molecule has 0 aliphatic heterocycles. The predicted molar refractivity (Wildman–Crippen MR) is 143 cm³/mol. The highest BCUT2D eigenvalue weighted by Gasteiger charge is 2.30. The van der Waals surface area contributed by atoms with E-state index in [1.54, 1.807) is 43.5 Å². The van der Waals surface area contributed by atoms with Gasteiger partial charge in [-0.15, -0.1) is 5.73 Å². The Morgan fingerprint density at radius 1 is 1.14 bits per heavy atom. The fraction of sp³-hybridized carbons (Fsp3) is 0.143. The van der Waals surface area contributed by atoms with Crippen molar-refractivity contribution in [3.8, 4) is 0 Å². The van der Waals surface area contributed by atoms with Gasteiger partial charge in [0.05, 0.1) is 16.3 Å². The molecule has 0 aromatic heterocycles. The molecule has 0 heterocycles. The largest absolute Gasteiger partial charge is 0.416 e. The summed E-state index contributed by atoms with van der Waals surface area (Å²) < 4.78 is 38.6. The van der Waals surface area contributed by atoms with Crippen LogP contribution in [0, 0.1) is 0 Å². The molecule has 0 unspecified atom stereocenters. The Morgan fingerprint density at radius 3 is 2.51 bits per heavy atom. The number of alkyl halides is 3. The predicted octanol–water partition coefficient (Wildman–Crippen LogP) is 8.68. The van der Waals surface area contributed by atoms with Gasteiger partial charge >= 0.3 is 6.18 Å². The summed E-state index contributed by atoms with van der Waals surface area (Å²) in [5.41, 5.74) is 5.87. The average molecular weight is 517 g/mol. The first-order valence-corrected chi connectivity index (χ1v) is 11.2. The van der Waals surface area contributed by atoms with Crippen molar-refractivity contribution in [3.05, 3.63) is 129 Å². The molecule has 1 aromatic rings. The summed E-state index contributed by atoms with van der Waals surface area (Å²) in [6.45, 7) is 4.95. The molecule has 0 N–H and O–H groups in total. The van der Waals surface area contributed by atoms with Crippen molar-refractivity contribution in [2.24, 2.45) is 4.99 Å². The first-order valence-electron chi connectivity index (χ1n) is 10.5. The minimum absolute atomic E-state index is 0.499. The van der Waals surface area contributed by atoms with Crippen LogP contribution in [0.3, 0.4) is 0 Å². The molecular weight excluding hydrogens is 492 g/mol. The lowest BCUT2D eigenvalue weighted by atomic mass is 10.1. The molecule has 182 valence electrons. The molecule has 1 aliphatic rings. The summed E-state index contributed by atoms with van der Waals surface area (Å²) in [5, 5.41) is 1.04. The zero-order valence-electron chi connectivity index (χ0n) is 19.6. The molecule has 7 heteroatoms. The zero-order valence-corrected chi connectivity index (χ0v) is 21.1. The lowest BCUT2D eigenvalue weighted by molar-refractivity contribution is -0.0881. The molecule has 2 nitrogen and oxygen atoms in total. The van der Waals surface area contributed by atoms with Crippen molar-refractivity contribution in [3.63, 3.8) is 0 Å². The summed E-state index contributed by atoms with van der Waals surface area (Å²) in [4.78, 5) is 6.40. The summed E-state index contributed by atoms with van der Waals surface area (Å²) >= 11 is 12.3. The van der Waals surface area contributed by atoms with Crippen molar-refractivity contribution < 1.29 is 13.2 Å². The Hall–Kier alpha value is -3.24. The van der Waals surface area contributed by atoms with Gasteiger partial charge in [-0.25, -0.2) is 0 Å². The van der Waals surface area contributed by atoms with Crippen molar-refractivity contribution in [2.45, 2.75) is 13.1 Å². The van der Waals surface area contributed by atoms with Crippen LogP contribution in [-0.4, -0.2) is 31.4 Å². The standard InChI is InChI=1S/C28H25Cl2F3N2/c1-5-23(28(31,32)33)14-11-20(2)22-10-6-8-21(12-13-22)9-7-17-34-27(19-35(3)4)25-16-15-24(29)18-26(25)30/h5-9,11-19H,1H2,2-4H3/b9-7+,20-11+,23-14+,27-19-,34-17+. The number of halogens is 5. The van der Waals surface area contributed by atoms with Gasteiger partial charge in [-0.05, 0) is 66.6 Å². The van der Waals surface area contributed by atoms with E-state index in [4.69, 9.17) is 23.2 Å². The van der Waals surface area contributed by atoms with Crippen LogP contribution in [0.5, 0.6) is 0 Å². The molecule has 0 saturated carbocycles. The van der Waals surface area contributed by atoms with Gasteiger partial charge in [-0.3, -0.25) is 4.99 Å². The maximum absolute atomic E-state index is 12.9. The fourth-order valence-corrected chi connectivity index (χ4v) is 3.35. The second-order valence-electron chi connectivity index (χ2n) is 7.64. The van der Waals surface area contributed by atoms with E-state index in [-0.39, 0.29) is 0 Å². The number of aliphatic imine (C=N–C) groups is 1. The first-order chi connectivity index (χ1) is 16.5. The minimum Gasteiger partial charge on any atom is -0.382 e. The molecule has 0 bridgehead atoms. The number of hydrogen-bond acceptors (Lipinski definition) is 2. The van der Waals surface area contributed by atoms with Gasteiger partial charge in [-0.1, -0.05) is 54.1 Å². The first kappa shape index (κ1) is 28.0. The van der Waals surface area contributed by atoms with Crippen LogP contribution >= 0.6 is 23.2 Å². The third kappa shape index (κ3) is 9.14. The van der Waals surface area contributed by atoms with Crippen LogP contribution in [0.1, 0.15) is 12.5 Å². The van der Waals surface area contributed by atoms with Crippen molar-refractivity contribution >= 4 is 35.1 Å². The molecule has 0 fully saturated rings. The van der Waals surface area contributed by atoms with E-state index < -0.39 is 11.7 Å². The number of allylic oxidation sites excluding steroid dienone is 12. The molecule has 0 spiro atoms. The van der Waals surface area contributed by atoms with Crippen LogP contribution in [0.15, 0.2) is 119 Å². The smallest absolute Gasteiger partial charge is 0.382 e. The maximum atomic E-state index is 12.9. The monoisotopic (exact) mass is 516 g/mol. The van der Waals surface area contributed by atoms with Gasteiger partial charge in [-0.2, -0.15) is 13.2 Å². The van der Waals surface area contributed by atoms with E-state index in [1.165, 1.54) is 6.08 Å². The topological polar surface area (TPSA) is 15.6 Å². The summed E-state index contributed by atoms with van der Waals surface area (Å²) in [7, 11) is 3.78. The number of rotatable bonds is 8. The molecule has 0 radical (unpaired) electrons. The molecule has 35 heavy (non-hydrogen) atoms. The highest BCUT2D eigenvalue weighted by molar-refractivity contribution is 6.35. The third-order valence-corrected chi connectivity index (χ3v) is 5.17. The Balaban J connectivity index is 2.15. The Labute approximate surface area is 214 Å². The van der Waals surface area contributed by atoms with Gasteiger partial charge in [0.1, 0.15) is 0 Å². The second-order valence-corrected chi connectivity index (χ2v) is 8.48. The highest BCUT2D eigenvalue weighted by atomic mass is 35.5. The SMILES string of the molecule is C=C/C(=C\C=C(/C)C1=C=CC=C(/C=C/C=N/C(=C\N(C)C)c2ccc(Cl)cc2Cl)C=C1)C(F)(F)F. The van der Waals surface area contributed by atoms with E-state index in [1.807, 2.05) is 49.5 Å². The Kier molecular flexibility index (Phi) is 10.4. The summed E-state index contributed by atoms with van der Waals surface area (Å²) in [5.74, 6) is 0. The summed E-state index contributed by atoms with van der Waals surface area (Å²) in [6.07, 6.45) is 13.1. The summed E-state index contributed by atoms with van der Waals surface area (Å²) in [6, 6.07) is 5.23. The van der Waals surface area contributed by atoms with Crippen molar-refractivity contribution in [2.75, 3.05) is 14.1 Å². The Morgan fingerprint density at radius 2 is 1.89 bits per heavy atom. The quantitative estimate of drug-likeness (QED) is 0.191. The van der Waals surface area contributed by atoms with E-state index in [9.17, 15) is 13.2 Å². The van der Waals surface area contributed by atoms with E-state index in [0.717, 1.165) is 23.3 Å². The van der Waals surface area contributed by atoms with Crippen LogP contribution in [0.4, 0.5) is 13.2 Å². The molecule has 1 aromatic carbocycles. The zero-order chi connectivity index (χ0) is 26.0. The van der Waals surface area contributed by atoms with Gasteiger partial charge in [0, 0.05) is 42.7 Å². The highest BCUT2D eigenvalue weighted by Crippen LogP contribution is 2.28. The van der Waals surface area contributed by atoms with Crippen molar-refractivity contribution in [1.82, 2.24) is 4.90 Å². The van der Waals surface area contributed by atoms with Crippen LogP contribution in [-0.2, 0) is 0 Å². The lowest BCUT2D eigenvalue weighted by Gasteiger charge is -2.10. The third-order valence-electron chi connectivity index (χ3n) is 4.62. The molecular formula is C28H25Cl2F3N2. The van der Waals surface area contributed by atoms with Crippen LogP contribution in [0.2, 0.25) is 10.0 Å². The number of nitrogens with zero attached hydrogens (tertiary/aromatic N) is 2. The molecule has 0 atom stereocenters. The van der Waals surface area contributed by atoms with Gasteiger partial charge in [0.25, 0.3) is 0 Å². The molecule has 0 amide bonds. The van der Waals surface area contributed by atoms with E-state index >= 15 is 0 Å². The maximum Gasteiger partial charge on any atom is 0.416 e. The Bertz CT molecular complexity index is 1230. The van der Waals surface area contributed by atoms with Crippen LogP contribution in [0.25, 0.3) is 5.70 Å².